The highest BCUT2D eigenvalue weighted by molar-refractivity contribution is 5.95. The van der Waals surface area contributed by atoms with E-state index in [-0.39, 0.29) is 12.5 Å². The number of rotatable bonds is 4. The number of hydrogen-bond donors (Lipinski definition) is 1. The molecule has 1 aliphatic heterocycles. The van der Waals surface area contributed by atoms with E-state index in [0.29, 0.717) is 35.7 Å². The van der Waals surface area contributed by atoms with Crippen LogP contribution in [-0.4, -0.2) is 61.2 Å². The van der Waals surface area contributed by atoms with Crippen molar-refractivity contribution in [2.45, 2.75) is 32.5 Å². The lowest BCUT2D eigenvalue weighted by atomic mass is 10.1. The Labute approximate surface area is 140 Å². The molecule has 0 radical (unpaired) electrons. The molecule has 0 aromatic carbocycles. The zero-order valence-electron chi connectivity index (χ0n) is 14.0. The molecule has 1 N–H and O–H groups in total. The Morgan fingerprint density at radius 2 is 2.21 bits per heavy atom. The van der Waals surface area contributed by atoms with Crippen LogP contribution in [0.15, 0.2) is 18.5 Å². The lowest BCUT2D eigenvalue weighted by Gasteiger charge is -2.17. The Balaban J connectivity index is 1.74. The normalized spacial score (nSPS) is 20.4. The van der Waals surface area contributed by atoms with Crippen molar-refractivity contribution in [3.05, 3.63) is 35.4 Å². The van der Waals surface area contributed by atoms with Crippen molar-refractivity contribution in [2.24, 2.45) is 7.05 Å². The van der Waals surface area contributed by atoms with Crippen molar-refractivity contribution in [1.29, 1.82) is 0 Å². The van der Waals surface area contributed by atoms with Gasteiger partial charge in [-0.2, -0.15) is 15.3 Å². The zero-order chi connectivity index (χ0) is 17.3. The highest BCUT2D eigenvalue weighted by atomic mass is 16.5. The molecule has 3 heterocycles. The van der Waals surface area contributed by atoms with Crippen molar-refractivity contribution in [3.8, 4) is 5.75 Å². The molecular weight excluding hydrogens is 310 g/mol. The van der Waals surface area contributed by atoms with Crippen molar-refractivity contribution in [1.82, 2.24) is 24.9 Å². The third kappa shape index (κ3) is 3.23. The molecule has 1 saturated heterocycles. The molecule has 0 bridgehead atoms. The summed E-state index contributed by atoms with van der Waals surface area (Å²) in [5.41, 5.74) is 1.90. The van der Waals surface area contributed by atoms with E-state index in [1.165, 1.54) is 0 Å². The zero-order valence-corrected chi connectivity index (χ0v) is 14.0. The summed E-state index contributed by atoms with van der Waals surface area (Å²) in [6.45, 7) is 4.29. The molecule has 0 aliphatic carbocycles. The summed E-state index contributed by atoms with van der Waals surface area (Å²) in [4.78, 5) is 14.4. The molecular formula is C16H21N5O3. The topological polar surface area (TPSA) is 93.4 Å². The Hall–Kier alpha value is -2.48. The number of carbonyl (C=O) groups excluding carboxylic acids is 1. The second-order valence-electron chi connectivity index (χ2n) is 5.98. The smallest absolute Gasteiger partial charge is 0.256 e. The quantitative estimate of drug-likeness (QED) is 0.869. The van der Waals surface area contributed by atoms with E-state index in [2.05, 4.69) is 15.3 Å². The van der Waals surface area contributed by atoms with Gasteiger partial charge in [0.1, 0.15) is 12.2 Å². The van der Waals surface area contributed by atoms with E-state index in [0.717, 1.165) is 0 Å². The van der Waals surface area contributed by atoms with Gasteiger partial charge in [-0.3, -0.25) is 9.48 Å². The fraction of sp³-hybridized carbons (Fsp3) is 0.500. The largest absolute Gasteiger partial charge is 0.482 e. The summed E-state index contributed by atoms with van der Waals surface area (Å²) < 4.78 is 7.37. The molecule has 3 rings (SSSR count). The van der Waals surface area contributed by atoms with Gasteiger partial charge in [-0.25, -0.2) is 0 Å². The number of aliphatic hydroxyl groups excluding tert-OH is 1. The fourth-order valence-electron chi connectivity index (χ4n) is 2.80. The van der Waals surface area contributed by atoms with E-state index >= 15 is 0 Å². The SMILES string of the molecule is CCc1nnc(C)cc1C(=O)N1C[C@@H](O)[C@H](Oc2cnn(C)c2)C1. The summed E-state index contributed by atoms with van der Waals surface area (Å²) in [6.07, 6.45) is 2.72. The summed E-state index contributed by atoms with van der Waals surface area (Å²) in [6, 6.07) is 1.75. The van der Waals surface area contributed by atoms with Crippen LogP contribution in [0, 0.1) is 6.92 Å². The summed E-state index contributed by atoms with van der Waals surface area (Å²) in [5, 5.41) is 22.4. The maximum absolute atomic E-state index is 12.8. The van der Waals surface area contributed by atoms with E-state index in [4.69, 9.17) is 4.74 Å². The van der Waals surface area contributed by atoms with Crippen LogP contribution in [0.3, 0.4) is 0 Å². The van der Waals surface area contributed by atoms with Crippen LogP contribution in [0.25, 0.3) is 0 Å². The molecule has 2 aromatic rings. The minimum atomic E-state index is -0.741. The third-order valence-electron chi connectivity index (χ3n) is 4.05. The van der Waals surface area contributed by atoms with Gasteiger partial charge in [0, 0.05) is 7.05 Å². The van der Waals surface area contributed by atoms with Crippen LogP contribution >= 0.6 is 0 Å². The van der Waals surface area contributed by atoms with E-state index in [9.17, 15) is 9.90 Å². The number of ether oxygens (including phenoxy) is 1. The first-order chi connectivity index (χ1) is 11.5. The molecule has 0 spiro atoms. The van der Waals surface area contributed by atoms with Crippen molar-refractivity contribution in [2.75, 3.05) is 13.1 Å². The first-order valence-corrected chi connectivity index (χ1v) is 7.93. The lowest BCUT2D eigenvalue weighted by Crippen LogP contribution is -2.32. The predicted octanol–water partition coefficient (Wildman–Crippen LogP) is 0.345. The molecule has 1 fully saturated rings. The van der Waals surface area contributed by atoms with Crippen LogP contribution in [0.4, 0.5) is 0 Å². The fourth-order valence-corrected chi connectivity index (χ4v) is 2.80. The molecule has 8 heteroatoms. The van der Waals surface area contributed by atoms with Crippen LogP contribution in [0.5, 0.6) is 5.75 Å². The molecule has 8 nitrogen and oxygen atoms in total. The second kappa shape index (κ2) is 6.56. The highest BCUT2D eigenvalue weighted by Gasteiger charge is 2.36. The summed E-state index contributed by atoms with van der Waals surface area (Å²) in [5.74, 6) is 0.424. The van der Waals surface area contributed by atoms with Gasteiger partial charge in [0.2, 0.25) is 0 Å². The maximum atomic E-state index is 12.8. The second-order valence-corrected chi connectivity index (χ2v) is 5.98. The number of carbonyl (C=O) groups is 1. The van der Waals surface area contributed by atoms with Crippen LogP contribution in [-0.2, 0) is 13.5 Å². The van der Waals surface area contributed by atoms with Gasteiger partial charge < -0.3 is 14.7 Å². The average Bonchev–Trinajstić information content (AvgIpc) is 3.13. The molecule has 0 unspecified atom stereocenters. The minimum absolute atomic E-state index is 0.152. The first kappa shape index (κ1) is 16.4. The molecule has 0 saturated carbocycles. The Kier molecular flexibility index (Phi) is 4.48. The van der Waals surface area contributed by atoms with E-state index < -0.39 is 12.2 Å². The summed E-state index contributed by atoms with van der Waals surface area (Å²) in [7, 11) is 1.79. The van der Waals surface area contributed by atoms with Gasteiger partial charge in [-0.15, -0.1) is 0 Å². The first-order valence-electron chi connectivity index (χ1n) is 7.93. The van der Waals surface area contributed by atoms with Crippen LogP contribution in [0.1, 0.15) is 28.7 Å². The number of nitrogens with zero attached hydrogens (tertiary/aromatic N) is 5. The number of β-amino-alcohol motifs (C(OH)–C–C–N with tert-alkyl or cyclic N) is 1. The number of aromatic nitrogens is 4. The monoisotopic (exact) mass is 331 g/mol. The van der Waals surface area contributed by atoms with Gasteiger partial charge in [-0.05, 0) is 19.4 Å². The van der Waals surface area contributed by atoms with Gasteiger partial charge >= 0.3 is 0 Å². The predicted molar refractivity (Wildman–Crippen MR) is 85.7 cm³/mol. The van der Waals surface area contributed by atoms with Gasteiger partial charge in [0.15, 0.2) is 5.75 Å². The standard InChI is InChI=1S/C16H21N5O3/c1-4-13-12(5-10(2)18-19-13)16(23)21-8-14(22)15(9-21)24-11-6-17-20(3)7-11/h5-7,14-15,22H,4,8-9H2,1-3H3/t14-,15-/m1/s1. The Morgan fingerprint density at radius 3 is 2.88 bits per heavy atom. The van der Waals surface area contributed by atoms with Crippen LogP contribution < -0.4 is 4.74 Å². The lowest BCUT2D eigenvalue weighted by molar-refractivity contribution is 0.0729. The molecule has 1 amide bonds. The average molecular weight is 331 g/mol. The Morgan fingerprint density at radius 1 is 1.42 bits per heavy atom. The molecule has 1 aliphatic rings. The number of hydrogen-bond acceptors (Lipinski definition) is 6. The molecule has 128 valence electrons. The highest BCUT2D eigenvalue weighted by Crippen LogP contribution is 2.21. The minimum Gasteiger partial charge on any atom is -0.482 e. The van der Waals surface area contributed by atoms with Crippen molar-refractivity contribution in [3.63, 3.8) is 0 Å². The third-order valence-corrected chi connectivity index (χ3v) is 4.05. The van der Waals surface area contributed by atoms with E-state index in [1.54, 1.807) is 42.0 Å². The van der Waals surface area contributed by atoms with Crippen molar-refractivity contribution >= 4 is 5.91 Å². The van der Waals surface area contributed by atoms with E-state index in [1.807, 2.05) is 6.92 Å². The maximum Gasteiger partial charge on any atom is 0.256 e. The van der Waals surface area contributed by atoms with Gasteiger partial charge in [-0.1, -0.05) is 6.92 Å². The van der Waals surface area contributed by atoms with Crippen molar-refractivity contribution < 1.29 is 14.6 Å². The number of amides is 1. The van der Waals surface area contributed by atoms with Gasteiger partial charge in [0.25, 0.3) is 5.91 Å². The summed E-state index contributed by atoms with van der Waals surface area (Å²) >= 11 is 0. The number of aryl methyl sites for hydroxylation is 3. The van der Waals surface area contributed by atoms with Gasteiger partial charge in [0.05, 0.1) is 42.4 Å². The molecule has 2 aromatic heterocycles. The Bertz CT molecular complexity index is 745. The van der Waals surface area contributed by atoms with Crippen LogP contribution in [0.2, 0.25) is 0 Å². The number of likely N-dealkylation sites (tertiary alicyclic amines) is 1. The molecule has 2 atom stereocenters. The molecule has 24 heavy (non-hydrogen) atoms. The number of aliphatic hydroxyl groups is 1.